The minimum Gasteiger partial charge on any atom is -0.496 e. The van der Waals surface area contributed by atoms with Crippen LogP contribution in [0.1, 0.15) is 21.5 Å². The molecule has 2 aromatic rings. The fourth-order valence-corrected chi connectivity index (χ4v) is 1.76. The quantitative estimate of drug-likeness (QED) is 0.774. The van der Waals surface area contributed by atoms with Crippen molar-refractivity contribution in [3.8, 4) is 5.75 Å². The third kappa shape index (κ3) is 2.25. The summed E-state index contributed by atoms with van der Waals surface area (Å²) in [6.45, 7) is 1.89. The number of carbonyl (C=O) groups excluding carboxylic acids is 1. The second-order valence-corrected chi connectivity index (χ2v) is 3.99. The summed E-state index contributed by atoms with van der Waals surface area (Å²) in [5.41, 5.74) is 1.42. The van der Waals surface area contributed by atoms with Crippen LogP contribution in [0.5, 0.6) is 5.75 Å². The molecule has 0 unspecified atom stereocenters. The summed E-state index contributed by atoms with van der Waals surface area (Å²) < 4.78 is 18.7. The van der Waals surface area contributed by atoms with E-state index in [9.17, 15) is 9.18 Å². The van der Waals surface area contributed by atoms with Crippen LogP contribution in [0.2, 0.25) is 0 Å². The molecular formula is C15H13FO2. The minimum absolute atomic E-state index is 0.0726. The molecule has 18 heavy (non-hydrogen) atoms. The first-order valence-electron chi connectivity index (χ1n) is 5.57. The highest BCUT2D eigenvalue weighted by Gasteiger charge is 2.14. The molecule has 0 N–H and O–H groups in total. The van der Waals surface area contributed by atoms with Gasteiger partial charge in [0.2, 0.25) is 0 Å². The topological polar surface area (TPSA) is 26.3 Å². The zero-order valence-electron chi connectivity index (χ0n) is 10.2. The van der Waals surface area contributed by atoms with Crippen LogP contribution in [0.4, 0.5) is 4.39 Å². The molecule has 0 atom stereocenters. The third-order valence-electron chi connectivity index (χ3n) is 2.79. The van der Waals surface area contributed by atoms with Gasteiger partial charge in [0, 0.05) is 5.56 Å². The SMILES string of the molecule is COc1cc(C(=O)c2ccccc2F)ccc1C. The molecule has 0 saturated heterocycles. The number of ether oxygens (including phenoxy) is 1. The Labute approximate surface area is 105 Å². The lowest BCUT2D eigenvalue weighted by Crippen LogP contribution is -2.04. The summed E-state index contributed by atoms with van der Waals surface area (Å²) in [4.78, 5) is 12.2. The maximum absolute atomic E-state index is 13.5. The van der Waals surface area contributed by atoms with Gasteiger partial charge < -0.3 is 4.74 Å². The van der Waals surface area contributed by atoms with E-state index in [0.717, 1.165) is 5.56 Å². The minimum atomic E-state index is -0.512. The van der Waals surface area contributed by atoms with Crippen LogP contribution in [-0.4, -0.2) is 12.9 Å². The maximum Gasteiger partial charge on any atom is 0.196 e. The molecule has 2 nitrogen and oxygen atoms in total. The average Bonchev–Trinajstić information content (AvgIpc) is 2.39. The van der Waals surface area contributed by atoms with Crippen LogP contribution in [0.25, 0.3) is 0 Å². The zero-order chi connectivity index (χ0) is 13.1. The van der Waals surface area contributed by atoms with E-state index in [2.05, 4.69) is 0 Å². The molecule has 0 aliphatic rings. The molecule has 0 aliphatic heterocycles. The number of benzene rings is 2. The van der Waals surface area contributed by atoms with Crippen molar-refractivity contribution in [2.75, 3.05) is 7.11 Å². The van der Waals surface area contributed by atoms with Gasteiger partial charge in [-0.1, -0.05) is 24.3 Å². The number of halogens is 1. The van der Waals surface area contributed by atoms with Gasteiger partial charge in [0.05, 0.1) is 12.7 Å². The largest absolute Gasteiger partial charge is 0.496 e. The number of rotatable bonds is 3. The van der Waals surface area contributed by atoms with Crippen molar-refractivity contribution in [3.05, 3.63) is 65.0 Å². The molecule has 3 heteroatoms. The lowest BCUT2D eigenvalue weighted by atomic mass is 10.0. The Hall–Kier alpha value is -2.16. The molecule has 0 saturated carbocycles. The van der Waals surface area contributed by atoms with Gasteiger partial charge >= 0.3 is 0 Å². The van der Waals surface area contributed by atoms with Gasteiger partial charge in [-0.05, 0) is 30.7 Å². The van der Waals surface area contributed by atoms with E-state index in [1.54, 1.807) is 37.4 Å². The van der Waals surface area contributed by atoms with Gasteiger partial charge in [-0.25, -0.2) is 4.39 Å². The van der Waals surface area contributed by atoms with E-state index >= 15 is 0 Å². The number of hydrogen-bond donors (Lipinski definition) is 0. The van der Waals surface area contributed by atoms with Gasteiger partial charge in [0.1, 0.15) is 11.6 Å². The number of carbonyl (C=O) groups is 1. The normalized spacial score (nSPS) is 10.2. The molecule has 0 aromatic heterocycles. The molecule has 0 aliphatic carbocycles. The van der Waals surface area contributed by atoms with E-state index in [1.807, 2.05) is 6.92 Å². The summed E-state index contributed by atoms with van der Waals surface area (Å²) in [5.74, 6) is -0.231. The van der Waals surface area contributed by atoms with E-state index in [4.69, 9.17) is 4.74 Å². The Morgan fingerprint density at radius 2 is 1.89 bits per heavy atom. The summed E-state index contributed by atoms with van der Waals surface area (Å²) in [6, 6.07) is 11.0. The van der Waals surface area contributed by atoms with Crippen LogP contribution in [0.15, 0.2) is 42.5 Å². The molecule has 0 spiro atoms. The number of hydrogen-bond acceptors (Lipinski definition) is 2. The number of ketones is 1. The van der Waals surface area contributed by atoms with Gasteiger partial charge in [0.25, 0.3) is 0 Å². The average molecular weight is 244 g/mol. The fourth-order valence-electron chi connectivity index (χ4n) is 1.76. The van der Waals surface area contributed by atoms with Crippen LogP contribution < -0.4 is 4.74 Å². The van der Waals surface area contributed by atoms with E-state index in [-0.39, 0.29) is 11.3 Å². The first-order chi connectivity index (χ1) is 8.63. The van der Waals surface area contributed by atoms with Crippen molar-refractivity contribution in [2.24, 2.45) is 0 Å². The molecule has 2 aromatic carbocycles. The van der Waals surface area contributed by atoms with Crippen molar-refractivity contribution in [3.63, 3.8) is 0 Å². The standard InChI is InChI=1S/C15H13FO2/c1-10-7-8-11(9-14(10)18-2)15(17)12-5-3-4-6-13(12)16/h3-9H,1-2H3. The van der Waals surface area contributed by atoms with E-state index in [0.29, 0.717) is 11.3 Å². The Balaban J connectivity index is 2.44. The third-order valence-corrected chi connectivity index (χ3v) is 2.79. The molecule has 0 heterocycles. The van der Waals surface area contributed by atoms with Crippen molar-refractivity contribution >= 4 is 5.78 Å². The highest BCUT2D eigenvalue weighted by Crippen LogP contribution is 2.21. The number of aryl methyl sites for hydroxylation is 1. The Bertz CT molecular complexity index is 591. The first kappa shape index (κ1) is 12.3. The lowest BCUT2D eigenvalue weighted by molar-refractivity contribution is 0.103. The molecule has 92 valence electrons. The molecule has 0 radical (unpaired) electrons. The fraction of sp³-hybridized carbons (Fsp3) is 0.133. The Morgan fingerprint density at radius 3 is 2.56 bits per heavy atom. The van der Waals surface area contributed by atoms with E-state index in [1.165, 1.54) is 12.1 Å². The lowest BCUT2D eigenvalue weighted by Gasteiger charge is -2.07. The highest BCUT2D eigenvalue weighted by atomic mass is 19.1. The Morgan fingerprint density at radius 1 is 1.17 bits per heavy atom. The molecule has 0 bridgehead atoms. The maximum atomic E-state index is 13.5. The van der Waals surface area contributed by atoms with Crippen molar-refractivity contribution in [2.45, 2.75) is 6.92 Å². The van der Waals surface area contributed by atoms with Crippen molar-refractivity contribution < 1.29 is 13.9 Å². The predicted octanol–water partition coefficient (Wildman–Crippen LogP) is 3.37. The zero-order valence-corrected chi connectivity index (χ0v) is 10.2. The van der Waals surface area contributed by atoms with Crippen molar-refractivity contribution in [1.29, 1.82) is 0 Å². The molecule has 0 fully saturated rings. The van der Waals surface area contributed by atoms with Crippen LogP contribution in [0, 0.1) is 12.7 Å². The summed E-state index contributed by atoms with van der Waals surface area (Å²) in [5, 5.41) is 0. The van der Waals surface area contributed by atoms with Crippen LogP contribution in [-0.2, 0) is 0 Å². The second kappa shape index (κ2) is 5.00. The van der Waals surface area contributed by atoms with Gasteiger partial charge in [-0.15, -0.1) is 0 Å². The van der Waals surface area contributed by atoms with Gasteiger partial charge in [0.15, 0.2) is 5.78 Å². The molecule has 2 rings (SSSR count). The van der Waals surface area contributed by atoms with Crippen LogP contribution in [0.3, 0.4) is 0 Å². The molecule has 0 amide bonds. The van der Waals surface area contributed by atoms with Crippen LogP contribution >= 0.6 is 0 Å². The summed E-state index contributed by atoms with van der Waals surface area (Å²) >= 11 is 0. The van der Waals surface area contributed by atoms with Crippen molar-refractivity contribution in [1.82, 2.24) is 0 Å². The number of methoxy groups -OCH3 is 1. The summed E-state index contributed by atoms with van der Waals surface area (Å²) in [6.07, 6.45) is 0. The molecular weight excluding hydrogens is 231 g/mol. The summed E-state index contributed by atoms with van der Waals surface area (Å²) in [7, 11) is 1.54. The van der Waals surface area contributed by atoms with E-state index < -0.39 is 5.82 Å². The smallest absolute Gasteiger partial charge is 0.196 e. The highest BCUT2D eigenvalue weighted by molar-refractivity contribution is 6.09. The van der Waals surface area contributed by atoms with Gasteiger partial charge in [-0.2, -0.15) is 0 Å². The predicted molar refractivity (Wildman–Crippen MR) is 67.6 cm³/mol. The van der Waals surface area contributed by atoms with Gasteiger partial charge in [-0.3, -0.25) is 4.79 Å². The Kier molecular flexibility index (Phi) is 3.42. The first-order valence-corrected chi connectivity index (χ1v) is 5.57. The monoisotopic (exact) mass is 244 g/mol. The second-order valence-electron chi connectivity index (χ2n) is 3.99.